The molecule has 3 N–H and O–H groups in total. The number of benzene rings is 1. The van der Waals surface area contributed by atoms with E-state index < -0.39 is 5.91 Å². The zero-order valence-electron chi connectivity index (χ0n) is 23.3. The van der Waals surface area contributed by atoms with Crippen molar-refractivity contribution in [2.24, 2.45) is 7.05 Å². The van der Waals surface area contributed by atoms with Gasteiger partial charge in [0, 0.05) is 56.7 Å². The lowest BCUT2D eigenvalue weighted by Gasteiger charge is -2.25. The van der Waals surface area contributed by atoms with E-state index in [9.17, 15) is 9.90 Å². The molecule has 1 amide bonds. The first-order chi connectivity index (χ1) is 19.2. The van der Waals surface area contributed by atoms with E-state index in [4.69, 9.17) is 9.40 Å². The lowest BCUT2D eigenvalue weighted by atomic mass is 9.96. The number of aliphatic hydroxyl groups excluding tert-OH is 1. The fraction of sp³-hybridized carbons (Fsp3) is 0.429. The molecule has 1 aromatic carbocycles. The van der Waals surface area contributed by atoms with E-state index in [0.29, 0.717) is 24.8 Å². The molecule has 0 aliphatic carbocycles. The number of amides is 1. The lowest BCUT2D eigenvalue weighted by Crippen LogP contribution is -2.38. The molecule has 4 heterocycles. The number of hydrogen-bond donors (Lipinski definition) is 3. The second kappa shape index (κ2) is 11.5. The number of hydrogen-bond acceptors (Lipinski definition) is 10. The van der Waals surface area contributed by atoms with Gasteiger partial charge >= 0.3 is 11.8 Å². The van der Waals surface area contributed by atoms with Crippen molar-refractivity contribution in [3.63, 3.8) is 0 Å². The fourth-order valence-electron chi connectivity index (χ4n) is 4.70. The zero-order valence-corrected chi connectivity index (χ0v) is 23.3. The summed E-state index contributed by atoms with van der Waals surface area (Å²) in [6, 6.07) is 7.78. The molecular weight excluding hydrogens is 510 g/mol. The van der Waals surface area contributed by atoms with Crippen LogP contribution < -0.4 is 10.6 Å². The maximum atomic E-state index is 13.2. The highest BCUT2D eigenvalue weighted by Gasteiger charge is 2.29. The average molecular weight is 546 g/mol. The number of rotatable bonds is 8. The number of aryl methyl sites for hydroxylation is 1. The minimum absolute atomic E-state index is 0.0520. The maximum absolute atomic E-state index is 13.2. The van der Waals surface area contributed by atoms with Crippen LogP contribution in [0.15, 0.2) is 47.3 Å². The molecule has 0 saturated heterocycles. The molecule has 12 heteroatoms. The number of nitrogens with one attached hydrogen (secondary N) is 2. The molecule has 210 valence electrons. The Morgan fingerprint density at radius 2 is 2.08 bits per heavy atom. The molecule has 1 aliphatic rings. The molecular formula is C28H35N9O3. The average Bonchev–Trinajstić information content (AvgIpc) is 3.55. The Labute approximate surface area is 232 Å². The van der Waals surface area contributed by atoms with Crippen LogP contribution in [-0.2, 0) is 18.9 Å². The number of anilines is 2. The number of fused-ring (bicyclic) bond motifs is 1. The number of carbonyl (C=O) groups is 1. The van der Waals surface area contributed by atoms with Crippen molar-refractivity contribution in [3.8, 4) is 11.3 Å². The van der Waals surface area contributed by atoms with Gasteiger partial charge in [-0.1, -0.05) is 32.9 Å². The first-order valence-electron chi connectivity index (χ1n) is 13.4. The summed E-state index contributed by atoms with van der Waals surface area (Å²) in [5, 5.41) is 27.9. The Kier molecular flexibility index (Phi) is 7.90. The third-order valence-electron chi connectivity index (χ3n) is 6.77. The fourth-order valence-corrected chi connectivity index (χ4v) is 4.70. The summed E-state index contributed by atoms with van der Waals surface area (Å²) in [6.45, 7) is 8.11. The van der Waals surface area contributed by atoms with Gasteiger partial charge < -0.3 is 25.1 Å². The van der Waals surface area contributed by atoms with Crippen molar-refractivity contribution in [3.05, 3.63) is 65.8 Å². The van der Waals surface area contributed by atoms with E-state index in [1.165, 1.54) is 0 Å². The first-order valence-corrected chi connectivity index (χ1v) is 13.4. The molecule has 5 rings (SSSR count). The van der Waals surface area contributed by atoms with Gasteiger partial charge in [-0.15, -0.1) is 10.2 Å². The summed E-state index contributed by atoms with van der Waals surface area (Å²) >= 11 is 0. The molecule has 0 radical (unpaired) electrons. The number of aliphatic hydroxyl groups is 1. The first kappa shape index (κ1) is 27.4. The van der Waals surface area contributed by atoms with Gasteiger partial charge in [0.2, 0.25) is 11.8 Å². The number of carbonyl (C=O) groups excluding carboxylic acids is 1. The van der Waals surface area contributed by atoms with Crippen LogP contribution in [0.1, 0.15) is 60.9 Å². The summed E-state index contributed by atoms with van der Waals surface area (Å²) in [5.74, 6) is 0.433. The molecule has 1 atom stereocenters. The molecule has 0 saturated carbocycles. The van der Waals surface area contributed by atoms with Crippen molar-refractivity contribution < 1.29 is 14.3 Å². The summed E-state index contributed by atoms with van der Waals surface area (Å²) in [6.07, 6.45) is 6.75. The van der Waals surface area contributed by atoms with Gasteiger partial charge in [0.05, 0.1) is 23.6 Å². The van der Waals surface area contributed by atoms with E-state index in [-0.39, 0.29) is 24.0 Å². The van der Waals surface area contributed by atoms with Crippen LogP contribution >= 0.6 is 0 Å². The van der Waals surface area contributed by atoms with Gasteiger partial charge in [-0.3, -0.25) is 9.48 Å². The van der Waals surface area contributed by atoms with Crippen molar-refractivity contribution in [1.29, 1.82) is 0 Å². The largest absolute Gasteiger partial charge is 0.416 e. The van der Waals surface area contributed by atoms with Gasteiger partial charge in [-0.25, -0.2) is 9.97 Å². The highest BCUT2D eigenvalue weighted by Crippen LogP contribution is 2.29. The third-order valence-corrected chi connectivity index (χ3v) is 6.77. The van der Waals surface area contributed by atoms with E-state index in [2.05, 4.69) is 47.9 Å². The van der Waals surface area contributed by atoms with Gasteiger partial charge in [0.15, 0.2) is 0 Å². The summed E-state index contributed by atoms with van der Waals surface area (Å²) in [5.41, 5.74) is 4.34. The van der Waals surface area contributed by atoms with Crippen LogP contribution in [0.3, 0.4) is 0 Å². The van der Waals surface area contributed by atoms with Gasteiger partial charge in [-0.2, -0.15) is 5.10 Å². The summed E-state index contributed by atoms with van der Waals surface area (Å²) in [7, 11) is 1.85. The Morgan fingerprint density at radius 1 is 1.23 bits per heavy atom. The smallest absolute Gasteiger partial charge is 0.309 e. The number of aromatic nitrogens is 6. The van der Waals surface area contributed by atoms with Crippen molar-refractivity contribution in [1.82, 2.24) is 40.2 Å². The Balaban J connectivity index is 1.41. The molecule has 0 spiro atoms. The van der Waals surface area contributed by atoms with Crippen LogP contribution in [-0.4, -0.2) is 72.1 Å². The third kappa shape index (κ3) is 6.35. The maximum Gasteiger partial charge on any atom is 0.309 e. The van der Waals surface area contributed by atoms with E-state index >= 15 is 0 Å². The molecule has 3 aromatic heterocycles. The van der Waals surface area contributed by atoms with Crippen LogP contribution in [0.5, 0.6) is 0 Å². The molecule has 4 aromatic rings. The molecule has 40 heavy (non-hydrogen) atoms. The lowest BCUT2D eigenvalue weighted by molar-refractivity contribution is 0.0886. The summed E-state index contributed by atoms with van der Waals surface area (Å²) in [4.78, 5) is 24.5. The van der Waals surface area contributed by atoms with E-state index in [0.717, 1.165) is 47.6 Å². The monoisotopic (exact) mass is 545 g/mol. The van der Waals surface area contributed by atoms with E-state index in [1.807, 2.05) is 46.1 Å². The second-order valence-electron chi connectivity index (χ2n) is 11.0. The van der Waals surface area contributed by atoms with Gasteiger partial charge in [-0.05, 0) is 36.1 Å². The molecule has 12 nitrogen and oxygen atoms in total. The van der Waals surface area contributed by atoms with Gasteiger partial charge in [0.25, 0.3) is 0 Å². The molecule has 0 bridgehead atoms. The second-order valence-corrected chi connectivity index (χ2v) is 11.0. The minimum Gasteiger partial charge on any atom is -0.416 e. The van der Waals surface area contributed by atoms with Crippen LogP contribution in [0.25, 0.3) is 11.3 Å². The highest BCUT2D eigenvalue weighted by molar-refractivity contribution is 5.89. The van der Waals surface area contributed by atoms with Crippen molar-refractivity contribution in [2.75, 3.05) is 31.6 Å². The standard InChI is InChI=1S/C28H35N9O3/c1-28(2,3)26-35-34-25(40-26)24(39)32-23-17-37(11-5-13-38)12-9-18-14-19(6-7-21(18)23)22-8-10-29-27(33-22)31-20-15-30-36(4)16-20/h6-8,10,14-16,23,38H,5,9,11-13,17H2,1-4H3,(H,32,39)(H,29,31,33). The van der Waals surface area contributed by atoms with Crippen molar-refractivity contribution >= 4 is 17.5 Å². The van der Waals surface area contributed by atoms with Crippen LogP contribution in [0.4, 0.5) is 11.6 Å². The van der Waals surface area contributed by atoms with Crippen LogP contribution in [0, 0.1) is 0 Å². The predicted octanol–water partition coefficient (Wildman–Crippen LogP) is 3.01. The van der Waals surface area contributed by atoms with E-state index in [1.54, 1.807) is 17.1 Å². The minimum atomic E-state index is -0.408. The highest BCUT2D eigenvalue weighted by atomic mass is 16.4. The van der Waals surface area contributed by atoms with Crippen LogP contribution in [0.2, 0.25) is 0 Å². The SMILES string of the molecule is Cn1cc(Nc2nccc(-c3ccc4c(c3)CCN(CCCO)CC4NC(=O)c3nnc(C(C)(C)C)o3)n2)cn1. The zero-order chi connectivity index (χ0) is 28.3. The number of nitrogens with zero attached hydrogens (tertiary/aromatic N) is 7. The molecule has 0 fully saturated rings. The van der Waals surface area contributed by atoms with Crippen molar-refractivity contribution in [2.45, 2.75) is 45.1 Å². The Morgan fingerprint density at radius 3 is 2.80 bits per heavy atom. The molecule has 1 unspecified atom stereocenters. The normalized spacial score (nSPS) is 15.9. The van der Waals surface area contributed by atoms with Gasteiger partial charge in [0.1, 0.15) is 0 Å². The quantitative estimate of drug-likeness (QED) is 0.302. The predicted molar refractivity (Wildman–Crippen MR) is 149 cm³/mol. The Bertz CT molecular complexity index is 1470. The summed E-state index contributed by atoms with van der Waals surface area (Å²) < 4.78 is 7.40. The molecule has 1 aliphatic heterocycles. The topological polar surface area (TPSA) is 147 Å². The Hall–Kier alpha value is -4.16.